The van der Waals surface area contributed by atoms with Gasteiger partial charge in [0, 0.05) is 21.5 Å². The standard InChI is InChI=1S/C31H24ClN3O4/c1-19-7-6-10-24-27(21-8-4-3-5-9-21)29(34-28(19)24)30(36)35-33-18-20-11-16-25(26(17-20)38-2)39-31(37)22-12-14-23(32)15-13-22/h3-18,34H,1-2H3,(H,35,36). The summed E-state index contributed by atoms with van der Waals surface area (Å²) in [4.78, 5) is 29.0. The number of hydrogen-bond donors (Lipinski definition) is 2. The van der Waals surface area contributed by atoms with Gasteiger partial charge in [-0.3, -0.25) is 4.79 Å². The van der Waals surface area contributed by atoms with Crippen molar-refractivity contribution in [1.29, 1.82) is 0 Å². The van der Waals surface area contributed by atoms with E-state index in [1.165, 1.54) is 13.3 Å². The van der Waals surface area contributed by atoms with E-state index in [0.717, 1.165) is 27.6 Å². The molecule has 1 heterocycles. The van der Waals surface area contributed by atoms with Crippen molar-refractivity contribution >= 4 is 40.6 Å². The van der Waals surface area contributed by atoms with E-state index in [9.17, 15) is 9.59 Å². The number of ether oxygens (including phenoxy) is 2. The number of benzene rings is 4. The number of carbonyl (C=O) groups excluding carboxylic acids is 2. The summed E-state index contributed by atoms with van der Waals surface area (Å²) in [5.74, 6) is -0.327. The molecule has 0 spiro atoms. The first-order valence-corrected chi connectivity index (χ1v) is 12.5. The van der Waals surface area contributed by atoms with E-state index in [4.69, 9.17) is 21.1 Å². The highest BCUT2D eigenvalue weighted by Crippen LogP contribution is 2.34. The largest absolute Gasteiger partial charge is 0.493 e. The van der Waals surface area contributed by atoms with Gasteiger partial charge < -0.3 is 14.5 Å². The van der Waals surface area contributed by atoms with Crippen LogP contribution in [-0.2, 0) is 0 Å². The molecule has 0 unspecified atom stereocenters. The number of methoxy groups -OCH3 is 1. The first-order valence-electron chi connectivity index (χ1n) is 12.1. The number of aromatic nitrogens is 1. The molecule has 1 aromatic heterocycles. The number of rotatable bonds is 7. The number of H-pyrrole nitrogens is 1. The summed E-state index contributed by atoms with van der Waals surface area (Å²) in [6, 6.07) is 27.1. The summed E-state index contributed by atoms with van der Waals surface area (Å²) in [7, 11) is 1.47. The number of nitrogens with zero attached hydrogens (tertiary/aromatic N) is 1. The molecular formula is C31H24ClN3O4. The van der Waals surface area contributed by atoms with Crippen LogP contribution in [0.1, 0.15) is 32.0 Å². The number of hydrazone groups is 1. The van der Waals surface area contributed by atoms with Gasteiger partial charge >= 0.3 is 5.97 Å². The zero-order valence-corrected chi connectivity index (χ0v) is 22.0. The summed E-state index contributed by atoms with van der Waals surface area (Å²) in [6.45, 7) is 2.00. The highest BCUT2D eigenvalue weighted by atomic mass is 35.5. The van der Waals surface area contributed by atoms with Crippen LogP contribution in [0.3, 0.4) is 0 Å². The highest BCUT2D eigenvalue weighted by Gasteiger charge is 2.20. The Morgan fingerprint density at radius 3 is 2.44 bits per heavy atom. The van der Waals surface area contributed by atoms with Gasteiger partial charge in [-0.1, -0.05) is 60.1 Å². The van der Waals surface area contributed by atoms with Crippen molar-refractivity contribution in [2.24, 2.45) is 5.10 Å². The number of esters is 1. The van der Waals surface area contributed by atoms with Crippen molar-refractivity contribution in [2.45, 2.75) is 6.92 Å². The molecule has 7 nitrogen and oxygen atoms in total. The molecule has 39 heavy (non-hydrogen) atoms. The number of aryl methyl sites for hydroxylation is 1. The molecule has 0 atom stereocenters. The minimum Gasteiger partial charge on any atom is -0.493 e. The second-order valence-corrected chi connectivity index (χ2v) is 9.18. The van der Waals surface area contributed by atoms with E-state index in [2.05, 4.69) is 15.5 Å². The zero-order chi connectivity index (χ0) is 27.4. The van der Waals surface area contributed by atoms with Crippen LogP contribution in [0, 0.1) is 6.92 Å². The molecule has 8 heteroatoms. The average molecular weight is 538 g/mol. The van der Waals surface area contributed by atoms with Crippen molar-refractivity contribution in [3.63, 3.8) is 0 Å². The van der Waals surface area contributed by atoms with Crippen LogP contribution in [0.25, 0.3) is 22.0 Å². The SMILES string of the molecule is COc1cc(C=NNC(=O)c2[nH]c3c(C)cccc3c2-c2ccccc2)ccc1OC(=O)c1ccc(Cl)cc1. The van der Waals surface area contributed by atoms with E-state index in [1.54, 1.807) is 42.5 Å². The number of carbonyl (C=O) groups is 2. The van der Waals surface area contributed by atoms with Crippen LogP contribution in [0.2, 0.25) is 5.02 Å². The van der Waals surface area contributed by atoms with Gasteiger partial charge in [0.15, 0.2) is 11.5 Å². The van der Waals surface area contributed by atoms with Crippen molar-refractivity contribution in [2.75, 3.05) is 7.11 Å². The highest BCUT2D eigenvalue weighted by molar-refractivity contribution is 6.30. The second-order valence-electron chi connectivity index (χ2n) is 8.74. The van der Waals surface area contributed by atoms with Crippen LogP contribution in [0.5, 0.6) is 11.5 Å². The molecule has 0 fully saturated rings. The molecule has 0 saturated carbocycles. The summed E-state index contributed by atoms with van der Waals surface area (Å²) in [5, 5.41) is 5.63. The lowest BCUT2D eigenvalue weighted by Gasteiger charge is -2.10. The number of halogens is 1. The number of para-hydroxylation sites is 1. The maximum Gasteiger partial charge on any atom is 0.343 e. The van der Waals surface area contributed by atoms with Gasteiger partial charge in [-0.15, -0.1) is 0 Å². The van der Waals surface area contributed by atoms with Gasteiger partial charge in [0.1, 0.15) is 5.69 Å². The predicted octanol–water partition coefficient (Wildman–Crippen LogP) is 6.79. The molecule has 0 aliphatic heterocycles. The molecule has 5 aromatic rings. The van der Waals surface area contributed by atoms with Crippen LogP contribution in [0.15, 0.2) is 96.1 Å². The van der Waals surface area contributed by atoms with Crippen LogP contribution in [-0.4, -0.2) is 30.2 Å². The third-order valence-electron chi connectivity index (χ3n) is 6.18. The van der Waals surface area contributed by atoms with Gasteiger partial charge in [-0.05, 0) is 66.1 Å². The lowest BCUT2D eigenvalue weighted by atomic mass is 10.0. The Kier molecular flexibility index (Phi) is 7.43. The molecule has 0 aliphatic rings. The number of fused-ring (bicyclic) bond motifs is 1. The molecule has 194 valence electrons. The molecule has 1 amide bonds. The Bertz CT molecular complexity index is 1690. The number of nitrogens with one attached hydrogen (secondary N) is 2. The fraction of sp³-hybridized carbons (Fsp3) is 0.0645. The van der Waals surface area contributed by atoms with Crippen molar-refractivity contribution in [3.05, 3.63) is 118 Å². The van der Waals surface area contributed by atoms with Crippen molar-refractivity contribution in [3.8, 4) is 22.6 Å². The van der Waals surface area contributed by atoms with Gasteiger partial charge in [0.2, 0.25) is 0 Å². The fourth-order valence-electron chi connectivity index (χ4n) is 4.25. The van der Waals surface area contributed by atoms with E-state index in [0.29, 0.717) is 27.6 Å². The second kappa shape index (κ2) is 11.2. The monoisotopic (exact) mass is 537 g/mol. The number of amides is 1. The molecule has 2 N–H and O–H groups in total. The van der Waals surface area contributed by atoms with E-state index >= 15 is 0 Å². The molecule has 0 saturated heterocycles. The molecule has 4 aromatic carbocycles. The van der Waals surface area contributed by atoms with Gasteiger partial charge in [-0.25, -0.2) is 10.2 Å². The summed E-state index contributed by atoms with van der Waals surface area (Å²) in [6.07, 6.45) is 1.49. The first kappa shape index (κ1) is 25.8. The Morgan fingerprint density at radius 2 is 1.69 bits per heavy atom. The summed E-state index contributed by atoms with van der Waals surface area (Å²) < 4.78 is 10.9. The molecule has 0 radical (unpaired) electrons. The predicted molar refractivity (Wildman–Crippen MR) is 153 cm³/mol. The van der Waals surface area contributed by atoms with Crippen LogP contribution >= 0.6 is 11.6 Å². The van der Waals surface area contributed by atoms with Crippen LogP contribution < -0.4 is 14.9 Å². The maximum atomic E-state index is 13.2. The van der Waals surface area contributed by atoms with Gasteiger partial charge in [0.05, 0.1) is 18.9 Å². The van der Waals surface area contributed by atoms with E-state index < -0.39 is 5.97 Å². The number of aromatic amines is 1. The maximum absolute atomic E-state index is 13.2. The Morgan fingerprint density at radius 1 is 0.923 bits per heavy atom. The minimum absolute atomic E-state index is 0.250. The molecule has 0 bridgehead atoms. The Balaban J connectivity index is 1.35. The molecule has 5 rings (SSSR count). The first-order chi connectivity index (χ1) is 18.9. The Hall–Kier alpha value is -4.88. The minimum atomic E-state index is -0.540. The van der Waals surface area contributed by atoms with Gasteiger partial charge in [0.25, 0.3) is 5.91 Å². The quantitative estimate of drug-likeness (QED) is 0.103. The van der Waals surface area contributed by atoms with Crippen LogP contribution in [0.4, 0.5) is 0 Å². The lowest BCUT2D eigenvalue weighted by molar-refractivity contribution is 0.0729. The zero-order valence-electron chi connectivity index (χ0n) is 21.2. The van der Waals surface area contributed by atoms with Gasteiger partial charge in [-0.2, -0.15) is 5.10 Å². The summed E-state index contributed by atoms with van der Waals surface area (Å²) in [5.41, 5.74) is 7.71. The third-order valence-corrected chi connectivity index (χ3v) is 6.43. The fourth-order valence-corrected chi connectivity index (χ4v) is 4.38. The Labute approximate surface area is 230 Å². The lowest BCUT2D eigenvalue weighted by Crippen LogP contribution is -2.18. The topological polar surface area (TPSA) is 92.8 Å². The third kappa shape index (κ3) is 5.54. The molecule has 0 aliphatic carbocycles. The average Bonchev–Trinajstić information content (AvgIpc) is 3.35. The molecular weight excluding hydrogens is 514 g/mol. The van der Waals surface area contributed by atoms with E-state index in [-0.39, 0.29) is 11.7 Å². The van der Waals surface area contributed by atoms with E-state index in [1.807, 2.05) is 55.5 Å². The smallest absolute Gasteiger partial charge is 0.343 e. The number of hydrogen-bond acceptors (Lipinski definition) is 5. The summed E-state index contributed by atoms with van der Waals surface area (Å²) >= 11 is 5.89. The normalized spacial score (nSPS) is 11.1. The van der Waals surface area contributed by atoms with Crippen molar-refractivity contribution < 1.29 is 19.1 Å². The van der Waals surface area contributed by atoms with Crippen molar-refractivity contribution in [1.82, 2.24) is 10.4 Å².